The summed E-state index contributed by atoms with van der Waals surface area (Å²) < 4.78 is 0. The summed E-state index contributed by atoms with van der Waals surface area (Å²) >= 11 is 0. The lowest BCUT2D eigenvalue weighted by atomic mass is 10.2. The number of unbranched alkanes of at least 4 members (excludes halogenated alkanes) is 2. The van der Waals surface area contributed by atoms with E-state index in [2.05, 4.69) is 6.92 Å². The summed E-state index contributed by atoms with van der Waals surface area (Å²) in [5, 5.41) is 16.7. The van der Waals surface area contributed by atoms with Gasteiger partial charge < -0.3 is 21.2 Å². The molecule has 0 aliphatic carbocycles. The van der Waals surface area contributed by atoms with Gasteiger partial charge in [0.05, 0.1) is 0 Å². The summed E-state index contributed by atoms with van der Waals surface area (Å²) in [5.41, 5.74) is 0. The molecule has 10 heavy (non-hydrogen) atoms. The topological polar surface area (TPSA) is 103 Å². The maximum atomic E-state index is 8.33. The van der Waals surface area contributed by atoms with Crippen LogP contribution in [0.5, 0.6) is 0 Å². The molecule has 0 bridgehead atoms. The maximum absolute atomic E-state index is 8.33. The van der Waals surface area contributed by atoms with Crippen molar-refractivity contribution in [3.8, 4) is 0 Å². The van der Waals surface area contributed by atoms with Crippen LogP contribution in [0.15, 0.2) is 0 Å². The molecule has 0 fully saturated rings. The first kappa shape index (κ1) is 16.4. The van der Waals surface area contributed by atoms with E-state index in [1.165, 1.54) is 0 Å². The van der Waals surface area contributed by atoms with Crippen LogP contribution in [0.2, 0.25) is 0 Å². The molecule has 0 amide bonds. The van der Waals surface area contributed by atoms with Crippen molar-refractivity contribution in [2.45, 2.75) is 38.9 Å². The Morgan fingerprint density at radius 1 is 1.10 bits per heavy atom. The van der Waals surface area contributed by atoms with Gasteiger partial charge in [-0.1, -0.05) is 19.8 Å². The molecule has 0 spiro atoms. The Morgan fingerprint density at radius 3 is 1.90 bits per heavy atom. The Labute approximate surface area is 61.1 Å². The van der Waals surface area contributed by atoms with Crippen molar-refractivity contribution in [2.24, 2.45) is 0 Å². The molecule has 4 nitrogen and oxygen atoms in total. The zero-order valence-electron chi connectivity index (χ0n) is 6.30. The third kappa shape index (κ3) is 15.7. The van der Waals surface area contributed by atoms with E-state index in [9.17, 15) is 0 Å². The molecule has 0 unspecified atom stereocenters. The largest absolute Gasteiger partial charge is 0.412 e. The van der Waals surface area contributed by atoms with Crippen LogP contribution in [0.3, 0.4) is 0 Å². The highest BCUT2D eigenvalue weighted by atomic mass is 16.5. The van der Waals surface area contributed by atoms with E-state index in [1.54, 1.807) is 0 Å². The Morgan fingerprint density at radius 2 is 1.60 bits per heavy atom. The molecule has 0 aromatic rings. The molecule has 0 aliphatic rings. The van der Waals surface area contributed by atoms with E-state index in [0.717, 1.165) is 19.3 Å². The van der Waals surface area contributed by atoms with E-state index >= 15 is 0 Å². The van der Waals surface area contributed by atoms with Crippen LogP contribution in [-0.4, -0.2) is 27.5 Å². The maximum Gasteiger partial charge on any atom is 0.151 e. The highest BCUT2D eigenvalue weighted by Gasteiger charge is 1.93. The van der Waals surface area contributed by atoms with Gasteiger partial charge in [-0.3, -0.25) is 0 Å². The second kappa shape index (κ2) is 11.6. The average Bonchev–Trinajstić information content (AvgIpc) is 1.66. The third-order valence-corrected chi connectivity index (χ3v) is 1.07. The van der Waals surface area contributed by atoms with Crippen LogP contribution >= 0.6 is 0 Å². The molecule has 0 aromatic heterocycles. The van der Waals surface area contributed by atoms with Gasteiger partial charge in [-0.05, 0) is 12.8 Å². The SMILES string of the molecule is CCCCCC(O)O.O.O. The normalized spacial score (nSPS) is 8.40. The molecule has 66 valence electrons. The number of hydrogen-bond donors (Lipinski definition) is 2. The highest BCUT2D eigenvalue weighted by Crippen LogP contribution is 1.99. The molecule has 0 aliphatic heterocycles. The van der Waals surface area contributed by atoms with Crippen molar-refractivity contribution in [2.75, 3.05) is 0 Å². The first-order valence-electron chi connectivity index (χ1n) is 3.13. The van der Waals surface area contributed by atoms with Gasteiger partial charge in [0, 0.05) is 0 Å². The standard InChI is InChI=1S/C6H14O2.2H2O/c1-2-3-4-5-6(7)8;;/h6-8H,2-5H2,1H3;2*1H2. The Kier molecular flexibility index (Phi) is 19.1. The fourth-order valence-corrected chi connectivity index (χ4v) is 0.577. The van der Waals surface area contributed by atoms with Crippen molar-refractivity contribution < 1.29 is 21.2 Å². The van der Waals surface area contributed by atoms with Gasteiger partial charge in [-0.25, -0.2) is 0 Å². The molecule has 0 atom stereocenters. The minimum Gasteiger partial charge on any atom is -0.412 e. The fourth-order valence-electron chi connectivity index (χ4n) is 0.577. The zero-order chi connectivity index (χ0) is 6.41. The van der Waals surface area contributed by atoms with E-state index in [1.807, 2.05) is 0 Å². The smallest absolute Gasteiger partial charge is 0.151 e. The van der Waals surface area contributed by atoms with Crippen molar-refractivity contribution in [1.29, 1.82) is 0 Å². The number of hydrogen-bond acceptors (Lipinski definition) is 2. The molecule has 0 radical (unpaired) electrons. The monoisotopic (exact) mass is 154 g/mol. The van der Waals surface area contributed by atoms with Gasteiger partial charge in [0.15, 0.2) is 6.29 Å². The minimum atomic E-state index is -1.10. The Bertz CT molecular complexity index is 47.0. The van der Waals surface area contributed by atoms with Crippen LogP contribution in [-0.2, 0) is 0 Å². The van der Waals surface area contributed by atoms with Crippen LogP contribution < -0.4 is 0 Å². The van der Waals surface area contributed by atoms with Gasteiger partial charge in [-0.15, -0.1) is 0 Å². The van der Waals surface area contributed by atoms with Crippen LogP contribution in [0.25, 0.3) is 0 Å². The van der Waals surface area contributed by atoms with Crippen molar-refractivity contribution in [3.05, 3.63) is 0 Å². The zero-order valence-corrected chi connectivity index (χ0v) is 6.30. The van der Waals surface area contributed by atoms with E-state index in [0.29, 0.717) is 6.42 Å². The summed E-state index contributed by atoms with van der Waals surface area (Å²) in [6.07, 6.45) is 2.58. The average molecular weight is 154 g/mol. The first-order valence-corrected chi connectivity index (χ1v) is 3.13. The molecule has 0 saturated carbocycles. The molecule has 0 aromatic carbocycles. The van der Waals surface area contributed by atoms with Gasteiger partial charge in [0.25, 0.3) is 0 Å². The van der Waals surface area contributed by atoms with Crippen molar-refractivity contribution >= 4 is 0 Å². The lowest BCUT2D eigenvalue weighted by molar-refractivity contribution is -0.0465. The fraction of sp³-hybridized carbons (Fsp3) is 1.00. The summed E-state index contributed by atoms with van der Waals surface area (Å²) in [6.45, 7) is 2.09. The molecule has 0 saturated heterocycles. The van der Waals surface area contributed by atoms with E-state index in [4.69, 9.17) is 10.2 Å². The highest BCUT2D eigenvalue weighted by molar-refractivity contribution is 4.40. The van der Waals surface area contributed by atoms with Crippen LogP contribution in [0, 0.1) is 0 Å². The summed E-state index contributed by atoms with van der Waals surface area (Å²) in [5.74, 6) is 0. The molecular formula is C6H18O4. The lowest BCUT2D eigenvalue weighted by Gasteiger charge is -1.99. The summed E-state index contributed by atoms with van der Waals surface area (Å²) in [6, 6.07) is 0. The van der Waals surface area contributed by atoms with Crippen molar-refractivity contribution in [1.82, 2.24) is 0 Å². The van der Waals surface area contributed by atoms with Gasteiger partial charge in [-0.2, -0.15) is 0 Å². The number of aliphatic hydroxyl groups is 2. The minimum absolute atomic E-state index is 0. The summed E-state index contributed by atoms with van der Waals surface area (Å²) in [4.78, 5) is 0. The second-order valence-corrected chi connectivity index (χ2v) is 1.98. The van der Waals surface area contributed by atoms with E-state index < -0.39 is 6.29 Å². The second-order valence-electron chi connectivity index (χ2n) is 1.98. The predicted octanol–water partition coefficient (Wildman–Crippen LogP) is -0.772. The molecule has 0 heterocycles. The third-order valence-electron chi connectivity index (χ3n) is 1.07. The van der Waals surface area contributed by atoms with Gasteiger partial charge >= 0.3 is 0 Å². The predicted molar refractivity (Wildman–Crippen MR) is 39.6 cm³/mol. The first-order chi connectivity index (χ1) is 3.77. The van der Waals surface area contributed by atoms with Gasteiger partial charge in [0.1, 0.15) is 0 Å². The summed E-state index contributed by atoms with van der Waals surface area (Å²) in [7, 11) is 0. The number of aliphatic hydroxyl groups excluding tert-OH is 1. The quantitative estimate of drug-likeness (QED) is 0.410. The Hall–Kier alpha value is -0.160. The molecule has 6 N–H and O–H groups in total. The Balaban J connectivity index is -0.000000245. The van der Waals surface area contributed by atoms with E-state index in [-0.39, 0.29) is 11.0 Å². The molecule has 4 heteroatoms. The number of rotatable bonds is 4. The van der Waals surface area contributed by atoms with Crippen LogP contribution in [0.4, 0.5) is 0 Å². The van der Waals surface area contributed by atoms with Gasteiger partial charge in [0.2, 0.25) is 0 Å². The molecule has 0 rings (SSSR count). The molecular weight excluding hydrogens is 136 g/mol. The van der Waals surface area contributed by atoms with Crippen LogP contribution in [0.1, 0.15) is 32.6 Å². The van der Waals surface area contributed by atoms with Crippen molar-refractivity contribution in [3.63, 3.8) is 0 Å². The lowest BCUT2D eigenvalue weighted by Crippen LogP contribution is -2.02.